The number of carbonyl (C=O) groups is 2. The van der Waals surface area contributed by atoms with Gasteiger partial charge in [0.05, 0.1) is 11.6 Å². The van der Waals surface area contributed by atoms with Crippen molar-refractivity contribution < 1.29 is 23.8 Å². The fraction of sp³-hybridized carbons (Fsp3) is 0.250. The van der Waals surface area contributed by atoms with Crippen LogP contribution in [0.15, 0.2) is 42.5 Å². The summed E-state index contributed by atoms with van der Waals surface area (Å²) < 4.78 is 15.7. The molecule has 0 saturated carbocycles. The van der Waals surface area contributed by atoms with Gasteiger partial charge in [0.15, 0.2) is 17.6 Å². The second-order valence-corrected chi connectivity index (χ2v) is 6.00. The number of hydrogen-bond donors (Lipinski definition) is 1. The van der Waals surface area contributed by atoms with Gasteiger partial charge in [0.25, 0.3) is 5.91 Å². The number of benzene rings is 2. The van der Waals surface area contributed by atoms with Crippen molar-refractivity contribution in [2.45, 2.75) is 25.9 Å². The van der Waals surface area contributed by atoms with Gasteiger partial charge in [-0.3, -0.25) is 9.59 Å². The smallest absolute Gasteiger partial charge is 0.306 e. The average molecular weight is 366 g/mol. The van der Waals surface area contributed by atoms with Gasteiger partial charge in [-0.25, -0.2) is 0 Å². The van der Waals surface area contributed by atoms with Crippen LogP contribution in [0, 0.1) is 11.3 Å². The third kappa shape index (κ3) is 4.76. The Labute approximate surface area is 156 Å². The Bertz CT molecular complexity index is 886. The Morgan fingerprint density at radius 1 is 1.19 bits per heavy atom. The molecule has 2 aromatic carbocycles. The van der Waals surface area contributed by atoms with E-state index in [-0.39, 0.29) is 13.2 Å². The number of ether oxygens (including phenoxy) is 3. The highest BCUT2D eigenvalue weighted by Gasteiger charge is 2.19. The molecule has 0 aliphatic carbocycles. The zero-order chi connectivity index (χ0) is 19.2. The number of nitriles is 1. The summed E-state index contributed by atoms with van der Waals surface area (Å²) in [6, 6.07) is 14.1. The zero-order valence-electron chi connectivity index (χ0n) is 14.7. The molecule has 1 unspecified atom stereocenters. The minimum atomic E-state index is -0.927. The molecule has 1 N–H and O–H groups in total. The van der Waals surface area contributed by atoms with Gasteiger partial charge in [-0.05, 0) is 43.2 Å². The lowest BCUT2D eigenvalue weighted by Gasteiger charge is -2.14. The lowest BCUT2D eigenvalue weighted by molar-refractivity contribution is -0.153. The lowest BCUT2D eigenvalue weighted by atomic mass is 10.1. The van der Waals surface area contributed by atoms with Gasteiger partial charge in [-0.2, -0.15) is 5.26 Å². The maximum atomic E-state index is 12.2. The molecular weight excluding hydrogens is 348 g/mol. The summed E-state index contributed by atoms with van der Waals surface area (Å²) in [7, 11) is 0. The van der Waals surface area contributed by atoms with E-state index in [2.05, 4.69) is 5.32 Å². The van der Waals surface area contributed by atoms with Crippen LogP contribution >= 0.6 is 0 Å². The van der Waals surface area contributed by atoms with Crippen LogP contribution in [0.25, 0.3) is 0 Å². The Morgan fingerprint density at radius 2 is 1.93 bits per heavy atom. The zero-order valence-corrected chi connectivity index (χ0v) is 14.7. The van der Waals surface area contributed by atoms with E-state index in [4.69, 9.17) is 19.5 Å². The van der Waals surface area contributed by atoms with E-state index in [0.29, 0.717) is 29.2 Å². The SMILES string of the molecule is CC(OC(=O)CCc1ccc(C#N)cc1)C(=O)Nc1ccc2c(c1)OCO2. The molecule has 7 heteroatoms. The molecule has 3 rings (SSSR count). The first-order valence-electron chi connectivity index (χ1n) is 8.44. The number of anilines is 1. The van der Waals surface area contributed by atoms with Crippen LogP contribution in [0.2, 0.25) is 0 Å². The molecule has 1 amide bonds. The topological polar surface area (TPSA) is 97.7 Å². The summed E-state index contributed by atoms with van der Waals surface area (Å²) in [4.78, 5) is 24.2. The summed E-state index contributed by atoms with van der Waals surface area (Å²) in [5, 5.41) is 11.5. The number of amides is 1. The van der Waals surface area contributed by atoms with E-state index in [1.54, 1.807) is 42.5 Å². The van der Waals surface area contributed by atoms with E-state index in [9.17, 15) is 9.59 Å². The van der Waals surface area contributed by atoms with Crippen LogP contribution in [0.5, 0.6) is 11.5 Å². The second kappa shape index (κ2) is 8.23. The number of esters is 1. The van der Waals surface area contributed by atoms with E-state index in [0.717, 1.165) is 5.56 Å². The summed E-state index contributed by atoms with van der Waals surface area (Å²) >= 11 is 0. The molecule has 1 heterocycles. The summed E-state index contributed by atoms with van der Waals surface area (Å²) in [5.41, 5.74) is 2.02. The largest absolute Gasteiger partial charge is 0.454 e. The first kappa shape index (κ1) is 18.3. The average Bonchev–Trinajstić information content (AvgIpc) is 3.14. The van der Waals surface area contributed by atoms with Gasteiger partial charge in [0.1, 0.15) is 0 Å². The predicted molar refractivity (Wildman–Crippen MR) is 96.2 cm³/mol. The number of carbonyl (C=O) groups excluding carboxylic acids is 2. The summed E-state index contributed by atoms with van der Waals surface area (Å²) in [6.07, 6.45) is -0.307. The van der Waals surface area contributed by atoms with Crippen LogP contribution in [0.3, 0.4) is 0 Å². The molecule has 138 valence electrons. The van der Waals surface area contributed by atoms with Crippen LogP contribution in [0.1, 0.15) is 24.5 Å². The standard InChI is InChI=1S/C20H18N2O5/c1-13(20(24)22-16-7-8-17-18(10-16)26-12-25-17)27-19(23)9-6-14-2-4-15(11-21)5-3-14/h2-5,7-8,10,13H,6,9,12H2,1H3,(H,22,24). The van der Waals surface area contributed by atoms with Crippen molar-refractivity contribution in [3.8, 4) is 17.6 Å². The Morgan fingerprint density at radius 3 is 2.67 bits per heavy atom. The molecule has 27 heavy (non-hydrogen) atoms. The van der Waals surface area contributed by atoms with Crippen LogP contribution < -0.4 is 14.8 Å². The number of nitrogens with zero attached hydrogens (tertiary/aromatic N) is 1. The second-order valence-electron chi connectivity index (χ2n) is 6.00. The fourth-order valence-corrected chi connectivity index (χ4v) is 2.52. The summed E-state index contributed by atoms with van der Waals surface area (Å²) in [6.45, 7) is 1.67. The monoisotopic (exact) mass is 366 g/mol. The Balaban J connectivity index is 1.47. The minimum Gasteiger partial charge on any atom is -0.454 e. The van der Waals surface area contributed by atoms with Gasteiger partial charge in [0, 0.05) is 18.2 Å². The molecule has 0 bridgehead atoms. The quantitative estimate of drug-likeness (QED) is 0.790. The number of hydrogen-bond acceptors (Lipinski definition) is 6. The molecule has 1 atom stereocenters. The van der Waals surface area contributed by atoms with Crippen LogP contribution in [0.4, 0.5) is 5.69 Å². The third-order valence-electron chi connectivity index (χ3n) is 4.02. The van der Waals surface area contributed by atoms with Crippen molar-refractivity contribution in [1.29, 1.82) is 5.26 Å². The summed E-state index contributed by atoms with van der Waals surface area (Å²) in [5.74, 6) is 0.281. The first-order chi connectivity index (χ1) is 13.0. The molecule has 0 aromatic heterocycles. The van der Waals surface area contributed by atoms with Gasteiger partial charge in [0.2, 0.25) is 6.79 Å². The highest BCUT2D eigenvalue weighted by atomic mass is 16.7. The van der Waals surface area contributed by atoms with Crippen molar-refractivity contribution in [2.75, 3.05) is 12.1 Å². The normalized spacial score (nSPS) is 12.7. The molecule has 7 nitrogen and oxygen atoms in total. The van der Waals surface area contributed by atoms with E-state index in [1.807, 2.05) is 6.07 Å². The minimum absolute atomic E-state index is 0.146. The molecule has 1 aliphatic heterocycles. The van der Waals surface area contributed by atoms with Crippen molar-refractivity contribution in [3.63, 3.8) is 0 Å². The molecule has 0 spiro atoms. The maximum Gasteiger partial charge on any atom is 0.306 e. The van der Waals surface area contributed by atoms with Crippen molar-refractivity contribution >= 4 is 17.6 Å². The lowest BCUT2D eigenvalue weighted by Crippen LogP contribution is -2.30. The van der Waals surface area contributed by atoms with Gasteiger partial charge < -0.3 is 19.5 Å². The molecule has 0 radical (unpaired) electrons. The van der Waals surface area contributed by atoms with Crippen molar-refractivity contribution in [3.05, 3.63) is 53.6 Å². The maximum absolute atomic E-state index is 12.2. The van der Waals surface area contributed by atoms with Crippen molar-refractivity contribution in [1.82, 2.24) is 0 Å². The number of fused-ring (bicyclic) bond motifs is 1. The van der Waals surface area contributed by atoms with Crippen molar-refractivity contribution in [2.24, 2.45) is 0 Å². The van der Waals surface area contributed by atoms with E-state index < -0.39 is 18.0 Å². The Hall–Kier alpha value is -3.53. The first-order valence-corrected chi connectivity index (χ1v) is 8.44. The van der Waals surface area contributed by atoms with Gasteiger partial charge >= 0.3 is 5.97 Å². The Kier molecular flexibility index (Phi) is 5.57. The predicted octanol–water partition coefficient (Wildman–Crippen LogP) is 2.79. The highest BCUT2D eigenvalue weighted by Crippen LogP contribution is 2.34. The molecule has 0 saturated heterocycles. The fourth-order valence-electron chi connectivity index (χ4n) is 2.52. The third-order valence-corrected chi connectivity index (χ3v) is 4.02. The molecule has 0 fully saturated rings. The molecule has 1 aliphatic rings. The van der Waals surface area contributed by atoms with E-state index in [1.165, 1.54) is 6.92 Å². The van der Waals surface area contributed by atoms with Gasteiger partial charge in [-0.15, -0.1) is 0 Å². The molecular formula is C20H18N2O5. The molecule has 2 aromatic rings. The number of rotatable bonds is 6. The number of aryl methyl sites for hydroxylation is 1. The number of nitrogens with one attached hydrogen (secondary N) is 1. The van der Waals surface area contributed by atoms with E-state index >= 15 is 0 Å². The highest BCUT2D eigenvalue weighted by molar-refractivity contribution is 5.95. The van der Waals surface area contributed by atoms with Crippen LogP contribution in [-0.2, 0) is 20.7 Å². The van der Waals surface area contributed by atoms with Gasteiger partial charge in [-0.1, -0.05) is 12.1 Å². The van der Waals surface area contributed by atoms with Crippen LogP contribution in [-0.4, -0.2) is 24.8 Å².